The van der Waals surface area contributed by atoms with Crippen molar-refractivity contribution in [3.05, 3.63) is 82.9 Å². The van der Waals surface area contributed by atoms with E-state index in [1.54, 1.807) is 7.11 Å². The molecule has 2 aliphatic heterocycles. The quantitative estimate of drug-likeness (QED) is 0.318. The van der Waals surface area contributed by atoms with Crippen LogP contribution in [0.5, 0.6) is 17.2 Å². The van der Waals surface area contributed by atoms with Gasteiger partial charge in [-0.1, -0.05) is 24.3 Å². The highest BCUT2D eigenvalue weighted by Gasteiger charge is 2.38. The van der Waals surface area contributed by atoms with E-state index < -0.39 is 0 Å². The molecule has 3 aliphatic rings. The fraction of sp³-hybridized carbons (Fsp3) is 0.471. The van der Waals surface area contributed by atoms with Gasteiger partial charge in [-0.05, 0) is 110 Å². The van der Waals surface area contributed by atoms with Crippen molar-refractivity contribution in [1.82, 2.24) is 4.90 Å². The first-order valence-corrected chi connectivity index (χ1v) is 14.8. The summed E-state index contributed by atoms with van der Waals surface area (Å²) in [5.41, 5.74) is 6.54. The fourth-order valence-electron chi connectivity index (χ4n) is 7.21. The fourth-order valence-corrected chi connectivity index (χ4v) is 7.21. The second kappa shape index (κ2) is 11.5. The summed E-state index contributed by atoms with van der Waals surface area (Å²) in [4.78, 5) is 5.14. The minimum Gasteiger partial charge on any atom is -0.508 e. The molecule has 2 fully saturated rings. The van der Waals surface area contributed by atoms with Gasteiger partial charge in [0.05, 0.1) is 7.11 Å². The summed E-state index contributed by atoms with van der Waals surface area (Å²) in [6.07, 6.45) is 8.58. The Balaban J connectivity index is 1.13. The molecule has 0 spiro atoms. The van der Waals surface area contributed by atoms with Crippen molar-refractivity contribution < 1.29 is 14.6 Å². The van der Waals surface area contributed by atoms with Crippen LogP contribution in [0.3, 0.4) is 0 Å². The maximum Gasteiger partial charge on any atom is 0.120 e. The monoisotopic (exact) mass is 526 g/mol. The molecule has 39 heavy (non-hydrogen) atoms. The third-order valence-corrected chi connectivity index (χ3v) is 9.34. The van der Waals surface area contributed by atoms with Gasteiger partial charge in [0.2, 0.25) is 0 Å². The van der Waals surface area contributed by atoms with Crippen LogP contribution in [-0.2, 0) is 19.4 Å². The first-order valence-electron chi connectivity index (χ1n) is 14.8. The van der Waals surface area contributed by atoms with Crippen LogP contribution in [0.4, 0.5) is 5.69 Å². The van der Waals surface area contributed by atoms with Gasteiger partial charge in [-0.3, -0.25) is 4.90 Å². The van der Waals surface area contributed by atoms with E-state index in [1.807, 2.05) is 12.1 Å². The van der Waals surface area contributed by atoms with Gasteiger partial charge in [-0.2, -0.15) is 0 Å². The van der Waals surface area contributed by atoms with Crippen molar-refractivity contribution in [2.75, 3.05) is 31.7 Å². The number of benzene rings is 3. The number of fused-ring (bicyclic) bond motifs is 3. The molecule has 1 N–H and O–H groups in total. The number of phenolic OH excluding ortho intramolecular Hbond substituents is 1. The summed E-state index contributed by atoms with van der Waals surface area (Å²) < 4.78 is 11.8. The standard InChI is InChI=1S/C34H42N2O3/c1-3-35(23-24-4-14-31(15-5-24)39-19-18-36-28-9-10-29(36)12-11-28)34-22-32(38-2)16-17-33(34)27-7-6-26-21-30(37)13-8-25(26)20-27/h4-5,8,13-17,21-22,27-29,37H,3,6-7,9-12,18-20,23H2,1-2H3. The molecule has 0 saturated carbocycles. The maximum absolute atomic E-state index is 9.91. The molecular weight excluding hydrogens is 484 g/mol. The first kappa shape index (κ1) is 26.1. The van der Waals surface area contributed by atoms with Gasteiger partial charge < -0.3 is 19.5 Å². The molecule has 5 heteroatoms. The van der Waals surface area contributed by atoms with Gasteiger partial charge in [0.1, 0.15) is 23.9 Å². The lowest BCUT2D eigenvalue weighted by Gasteiger charge is -2.32. The lowest BCUT2D eigenvalue weighted by Crippen LogP contribution is -2.32. The number of aromatic hydroxyl groups is 1. The van der Waals surface area contributed by atoms with E-state index in [4.69, 9.17) is 9.47 Å². The molecule has 0 aromatic heterocycles. The van der Waals surface area contributed by atoms with Crippen molar-refractivity contribution in [1.29, 1.82) is 0 Å². The van der Waals surface area contributed by atoms with E-state index in [0.29, 0.717) is 11.7 Å². The Morgan fingerprint density at radius 2 is 1.62 bits per heavy atom. The highest BCUT2D eigenvalue weighted by Crippen LogP contribution is 2.40. The van der Waals surface area contributed by atoms with Crippen LogP contribution in [0.1, 0.15) is 67.2 Å². The summed E-state index contributed by atoms with van der Waals surface area (Å²) in [5.74, 6) is 2.66. The van der Waals surface area contributed by atoms with E-state index in [1.165, 1.54) is 53.6 Å². The SMILES string of the molecule is CCN(Cc1ccc(OCCN2C3CCC2CC3)cc1)c1cc(OC)ccc1C1CCc2cc(O)ccc2C1. The number of anilines is 1. The normalized spacial score (nSPS) is 22.1. The van der Waals surface area contributed by atoms with Gasteiger partial charge in [0.15, 0.2) is 0 Å². The smallest absolute Gasteiger partial charge is 0.120 e. The van der Waals surface area contributed by atoms with Crippen LogP contribution in [0.15, 0.2) is 60.7 Å². The minimum absolute atomic E-state index is 0.365. The third-order valence-electron chi connectivity index (χ3n) is 9.34. The van der Waals surface area contributed by atoms with Crippen LogP contribution in [0.25, 0.3) is 0 Å². The van der Waals surface area contributed by atoms with E-state index >= 15 is 0 Å². The molecule has 1 aliphatic carbocycles. The molecular formula is C34H42N2O3. The molecule has 3 aromatic carbocycles. The van der Waals surface area contributed by atoms with Crippen LogP contribution in [-0.4, -0.2) is 48.9 Å². The number of hydrogen-bond acceptors (Lipinski definition) is 5. The van der Waals surface area contributed by atoms with Crippen LogP contribution in [0, 0.1) is 0 Å². The lowest BCUT2D eigenvalue weighted by molar-refractivity contribution is 0.194. The van der Waals surface area contributed by atoms with Gasteiger partial charge in [-0.15, -0.1) is 0 Å². The number of hydrogen-bond donors (Lipinski definition) is 1. The summed E-state index contributed by atoms with van der Waals surface area (Å²) in [7, 11) is 1.74. The van der Waals surface area contributed by atoms with Crippen molar-refractivity contribution >= 4 is 5.69 Å². The Morgan fingerprint density at radius 3 is 2.33 bits per heavy atom. The molecule has 0 radical (unpaired) electrons. The molecule has 206 valence electrons. The number of aryl methyl sites for hydroxylation is 1. The number of nitrogens with zero attached hydrogens (tertiary/aromatic N) is 2. The zero-order valence-electron chi connectivity index (χ0n) is 23.4. The molecule has 5 nitrogen and oxygen atoms in total. The van der Waals surface area contributed by atoms with E-state index in [-0.39, 0.29) is 0 Å². The Bertz CT molecular complexity index is 1250. The van der Waals surface area contributed by atoms with E-state index in [2.05, 4.69) is 65.3 Å². The summed E-state index contributed by atoms with van der Waals surface area (Å²) >= 11 is 0. The predicted octanol–water partition coefficient (Wildman–Crippen LogP) is 6.71. The van der Waals surface area contributed by atoms with Crippen LogP contribution in [0.2, 0.25) is 0 Å². The third kappa shape index (κ3) is 5.60. The minimum atomic E-state index is 0.365. The Kier molecular flexibility index (Phi) is 7.69. The van der Waals surface area contributed by atoms with Crippen LogP contribution >= 0.6 is 0 Å². The molecule has 3 aromatic rings. The molecule has 2 bridgehead atoms. The molecule has 0 amide bonds. The van der Waals surface area contributed by atoms with Crippen molar-refractivity contribution in [2.24, 2.45) is 0 Å². The second-order valence-corrected chi connectivity index (χ2v) is 11.5. The molecule has 1 unspecified atom stereocenters. The highest BCUT2D eigenvalue weighted by atomic mass is 16.5. The Labute approximate surface area is 233 Å². The average Bonchev–Trinajstić information content (AvgIpc) is 3.55. The number of methoxy groups -OCH3 is 1. The molecule has 6 rings (SSSR count). The number of phenols is 1. The summed E-state index contributed by atoms with van der Waals surface area (Å²) in [6, 6.07) is 22.7. The van der Waals surface area contributed by atoms with Gasteiger partial charge in [-0.25, -0.2) is 0 Å². The highest BCUT2D eigenvalue weighted by molar-refractivity contribution is 5.60. The predicted molar refractivity (Wildman–Crippen MR) is 157 cm³/mol. The Morgan fingerprint density at radius 1 is 0.872 bits per heavy atom. The van der Waals surface area contributed by atoms with Gasteiger partial charge in [0, 0.05) is 43.5 Å². The van der Waals surface area contributed by atoms with Crippen molar-refractivity contribution in [2.45, 2.75) is 76.4 Å². The largest absolute Gasteiger partial charge is 0.508 e. The summed E-state index contributed by atoms with van der Waals surface area (Å²) in [6.45, 7) is 5.79. The zero-order valence-corrected chi connectivity index (χ0v) is 23.4. The van der Waals surface area contributed by atoms with Gasteiger partial charge in [0.25, 0.3) is 0 Å². The van der Waals surface area contributed by atoms with E-state index in [9.17, 15) is 5.11 Å². The Hall–Kier alpha value is -3.18. The average molecular weight is 527 g/mol. The maximum atomic E-state index is 9.91. The molecule has 1 atom stereocenters. The van der Waals surface area contributed by atoms with Crippen molar-refractivity contribution in [3.63, 3.8) is 0 Å². The number of rotatable bonds is 10. The summed E-state index contributed by atoms with van der Waals surface area (Å²) in [5, 5.41) is 9.91. The lowest BCUT2D eigenvalue weighted by atomic mass is 9.79. The second-order valence-electron chi connectivity index (χ2n) is 11.5. The van der Waals surface area contributed by atoms with Crippen LogP contribution < -0.4 is 14.4 Å². The van der Waals surface area contributed by atoms with Crippen molar-refractivity contribution in [3.8, 4) is 17.2 Å². The molecule has 2 saturated heterocycles. The molecule has 2 heterocycles. The first-order chi connectivity index (χ1) is 19.1. The number of ether oxygens (including phenoxy) is 2. The van der Waals surface area contributed by atoms with Gasteiger partial charge >= 0.3 is 0 Å². The zero-order chi connectivity index (χ0) is 26.8. The van der Waals surface area contributed by atoms with E-state index in [0.717, 1.165) is 69.1 Å². The topological polar surface area (TPSA) is 45.2 Å².